The lowest BCUT2D eigenvalue weighted by atomic mass is 9.97. The maximum atomic E-state index is 11.1. The monoisotopic (exact) mass is 214 g/mol. The van der Waals surface area contributed by atoms with Gasteiger partial charge in [-0.1, -0.05) is 26.8 Å². The number of carbonyl (C=O) groups is 2. The predicted molar refractivity (Wildman–Crippen MR) is 57.0 cm³/mol. The van der Waals surface area contributed by atoms with Gasteiger partial charge in [-0.15, -0.1) is 0 Å². The molecule has 0 aliphatic rings. The number of hydrogen-bond donors (Lipinski definition) is 3. The third kappa shape index (κ3) is 7.69. The van der Waals surface area contributed by atoms with Gasteiger partial charge in [0.1, 0.15) is 6.04 Å². The Morgan fingerprint density at radius 3 is 2.40 bits per heavy atom. The quantitative estimate of drug-likeness (QED) is 0.634. The van der Waals surface area contributed by atoms with Crippen molar-refractivity contribution < 1.29 is 14.7 Å². The van der Waals surface area contributed by atoms with Crippen molar-refractivity contribution in [3.05, 3.63) is 12.3 Å². The van der Waals surface area contributed by atoms with Crippen molar-refractivity contribution in [2.45, 2.75) is 33.2 Å². The molecule has 0 aromatic rings. The van der Waals surface area contributed by atoms with E-state index >= 15 is 0 Å². The Morgan fingerprint density at radius 2 is 2.00 bits per heavy atom. The van der Waals surface area contributed by atoms with Gasteiger partial charge in [-0.05, 0) is 5.41 Å². The molecule has 0 saturated carbocycles. The van der Waals surface area contributed by atoms with Gasteiger partial charge in [0.15, 0.2) is 0 Å². The third-order valence-corrected chi connectivity index (χ3v) is 1.55. The van der Waals surface area contributed by atoms with Crippen LogP contribution in [0.1, 0.15) is 27.2 Å². The van der Waals surface area contributed by atoms with Crippen LogP contribution >= 0.6 is 0 Å². The zero-order valence-electron chi connectivity index (χ0n) is 9.28. The molecule has 5 nitrogen and oxygen atoms in total. The Hall–Kier alpha value is -1.36. The number of allylic oxidation sites excluding steroid dienone is 1. The van der Waals surface area contributed by atoms with Gasteiger partial charge in [-0.25, -0.2) is 0 Å². The van der Waals surface area contributed by atoms with E-state index in [1.54, 1.807) is 0 Å². The zero-order valence-corrected chi connectivity index (χ0v) is 9.28. The average molecular weight is 214 g/mol. The number of aliphatic carboxylic acids is 1. The summed E-state index contributed by atoms with van der Waals surface area (Å²) in [6, 6.07) is -1.15. The normalized spacial score (nSPS) is 13.9. The lowest BCUT2D eigenvalue weighted by molar-refractivity contribution is -0.140. The smallest absolute Gasteiger partial charge is 0.321 e. The summed E-state index contributed by atoms with van der Waals surface area (Å²) in [7, 11) is 0. The second-order valence-corrected chi connectivity index (χ2v) is 4.42. The molecule has 0 fully saturated rings. The predicted octanol–water partition coefficient (Wildman–Crippen LogP) is 0.464. The molecule has 0 aromatic heterocycles. The number of carbonyl (C=O) groups excluding carboxylic acids is 1. The van der Waals surface area contributed by atoms with Crippen LogP contribution < -0.4 is 11.1 Å². The van der Waals surface area contributed by atoms with E-state index in [-0.39, 0.29) is 11.8 Å². The molecule has 1 amide bonds. The SMILES string of the molecule is CC(C)(C)/C=C/NC(=O)C[C@H](N)C(=O)O. The van der Waals surface area contributed by atoms with E-state index in [2.05, 4.69) is 5.32 Å². The summed E-state index contributed by atoms with van der Waals surface area (Å²) in [4.78, 5) is 21.5. The number of rotatable bonds is 4. The maximum Gasteiger partial charge on any atom is 0.321 e. The molecular weight excluding hydrogens is 196 g/mol. The van der Waals surface area contributed by atoms with Gasteiger partial charge in [0.25, 0.3) is 0 Å². The van der Waals surface area contributed by atoms with Crippen molar-refractivity contribution in [2.24, 2.45) is 11.1 Å². The molecular formula is C10H18N2O3. The Morgan fingerprint density at radius 1 is 1.47 bits per heavy atom. The molecule has 0 saturated heterocycles. The number of amides is 1. The summed E-state index contributed by atoms with van der Waals surface area (Å²) in [6.45, 7) is 5.95. The molecule has 4 N–H and O–H groups in total. The fourth-order valence-corrected chi connectivity index (χ4v) is 0.731. The summed E-state index contributed by atoms with van der Waals surface area (Å²) in [5, 5.41) is 10.9. The minimum Gasteiger partial charge on any atom is -0.480 e. The van der Waals surface area contributed by atoms with Gasteiger partial charge >= 0.3 is 5.97 Å². The van der Waals surface area contributed by atoms with Gasteiger partial charge in [0.05, 0.1) is 6.42 Å². The van der Waals surface area contributed by atoms with Gasteiger partial charge in [0, 0.05) is 6.20 Å². The lowest BCUT2D eigenvalue weighted by Gasteiger charge is -2.11. The number of carboxylic acid groups (broad SMARTS) is 1. The molecule has 0 rings (SSSR count). The molecule has 0 spiro atoms. The van der Waals surface area contributed by atoms with Crippen LogP contribution in [0.4, 0.5) is 0 Å². The van der Waals surface area contributed by atoms with Crippen LogP contribution in [0.15, 0.2) is 12.3 Å². The summed E-state index contributed by atoms with van der Waals surface area (Å²) in [5.74, 6) is -1.57. The summed E-state index contributed by atoms with van der Waals surface area (Å²) >= 11 is 0. The summed E-state index contributed by atoms with van der Waals surface area (Å²) in [6.07, 6.45) is 3.11. The fraction of sp³-hybridized carbons (Fsp3) is 0.600. The first-order chi connectivity index (χ1) is 6.72. The topological polar surface area (TPSA) is 92.4 Å². The molecule has 0 aliphatic carbocycles. The average Bonchev–Trinajstić information content (AvgIpc) is 2.01. The maximum absolute atomic E-state index is 11.1. The van der Waals surface area contributed by atoms with Gasteiger partial charge in [0.2, 0.25) is 5.91 Å². The van der Waals surface area contributed by atoms with Crippen LogP contribution in [-0.4, -0.2) is 23.0 Å². The fourth-order valence-electron chi connectivity index (χ4n) is 0.731. The molecule has 0 aliphatic heterocycles. The van der Waals surface area contributed by atoms with Crippen molar-refractivity contribution >= 4 is 11.9 Å². The first-order valence-electron chi connectivity index (χ1n) is 4.68. The molecule has 0 radical (unpaired) electrons. The molecule has 1 atom stereocenters. The van der Waals surface area contributed by atoms with Crippen molar-refractivity contribution in [1.82, 2.24) is 5.32 Å². The second-order valence-electron chi connectivity index (χ2n) is 4.42. The highest BCUT2D eigenvalue weighted by Gasteiger charge is 2.15. The largest absolute Gasteiger partial charge is 0.480 e. The van der Waals surface area contributed by atoms with Crippen LogP contribution in [0.2, 0.25) is 0 Å². The molecule has 0 unspecified atom stereocenters. The van der Waals surface area contributed by atoms with Crippen molar-refractivity contribution in [1.29, 1.82) is 0 Å². The van der Waals surface area contributed by atoms with Crippen LogP contribution in [0.25, 0.3) is 0 Å². The Bertz CT molecular complexity index is 266. The van der Waals surface area contributed by atoms with Gasteiger partial charge < -0.3 is 16.2 Å². The molecule has 0 bridgehead atoms. The van der Waals surface area contributed by atoms with E-state index in [0.717, 1.165) is 0 Å². The van der Waals surface area contributed by atoms with Crippen LogP contribution in [-0.2, 0) is 9.59 Å². The van der Waals surface area contributed by atoms with E-state index in [9.17, 15) is 9.59 Å². The standard InChI is InChI=1S/C10H18N2O3/c1-10(2,3)4-5-12-8(13)6-7(11)9(14)15/h4-5,7H,6,11H2,1-3H3,(H,12,13)(H,14,15)/b5-4+/t7-/m0/s1. The first kappa shape index (κ1) is 13.6. The number of carboxylic acids is 1. The van der Waals surface area contributed by atoms with E-state index in [4.69, 9.17) is 10.8 Å². The van der Waals surface area contributed by atoms with Crippen molar-refractivity contribution in [3.63, 3.8) is 0 Å². The Labute approximate surface area is 89.3 Å². The van der Waals surface area contributed by atoms with E-state index in [0.29, 0.717) is 0 Å². The van der Waals surface area contributed by atoms with Crippen LogP contribution in [0.5, 0.6) is 0 Å². The van der Waals surface area contributed by atoms with Gasteiger partial charge in [-0.2, -0.15) is 0 Å². The van der Waals surface area contributed by atoms with Gasteiger partial charge in [-0.3, -0.25) is 9.59 Å². The zero-order chi connectivity index (χ0) is 12.1. The Balaban J connectivity index is 3.96. The minimum absolute atomic E-state index is 0.0256. The molecule has 86 valence electrons. The van der Waals surface area contributed by atoms with Crippen molar-refractivity contribution in [2.75, 3.05) is 0 Å². The summed E-state index contributed by atoms with van der Waals surface area (Å²) < 4.78 is 0. The lowest BCUT2D eigenvalue weighted by Crippen LogP contribution is -2.35. The number of hydrogen-bond acceptors (Lipinski definition) is 3. The van der Waals surface area contributed by atoms with Crippen LogP contribution in [0, 0.1) is 5.41 Å². The third-order valence-electron chi connectivity index (χ3n) is 1.55. The molecule has 15 heavy (non-hydrogen) atoms. The number of nitrogens with two attached hydrogens (primary N) is 1. The molecule has 5 heteroatoms. The highest BCUT2D eigenvalue weighted by atomic mass is 16.4. The second kappa shape index (κ2) is 5.50. The summed E-state index contributed by atoms with van der Waals surface area (Å²) in [5.41, 5.74) is 5.16. The number of nitrogens with one attached hydrogen (secondary N) is 1. The molecule has 0 heterocycles. The highest BCUT2D eigenvalue weighted by Crippen LogP contribution is 2.13. The Kier molecular flexibility index (Phi) is 5.00. The van der Waals surface area contributed by atoms with Crippen LogP contribution in [0.3, 0.4) is 0 Å². The molecule has 0 aromatic carbocycles. The minimum atomic E-state index is -1.18. The van der Waals surface area contributed by atoms with E-state index < -0.39 is 17.9 Å². The van der Waals surface area contributed by atoms with Crippen molar-refractivity contribution in [3.8, 4) is 0 Å². The first-order valence-corrected chi connectivity index (χ1v) is 4.68. The van der Waals surface area contributed by atoms with E-state index in [1.165, 1.54) is 6.20 Å². The highest BCUT2D eigenvalue weighted by molar-refractivity contribution is 5.84. The van der Waals surface area contributed by atoms with E-state index in [1.807, 2.05) is 26.8 Å².